The third-order valence-electron chi connectivity index (χ3n) is 2.80. The fourth-order valence-electron chi connectivity index (χ4n) is 1.04. The monoisotopic (exact) mass is 189 g/mol. The Hall–Kier alpha value is 0.310. The predicted molar refractivity (Wildman–Crippen MR) is 60.0 cm³/mol. The molecule has 2 heteroatoms. The highest BCUT2D eigenvalue weighted by atomic mass is 32.1. The maximum atomic E-state index is 4.29. The van der Waals surface area contributed by atoms with Crippen LogP contribution < -0.4 is 0 Å². The van der Waals surface area contributed by atoms with Crippen molar-refractivity contribution in [3.05, 3.63) is 0 Å². The van der Waals surface area contributed by atoms with Crippen LogP contribution in [0.5, 0.6) is 0 Å². The number of hydrogen-bond acceptors (Lipinski definition) is 2. The highest BCUT2D eigenvalue weighted by molar-refractivity contribution is 7.80. The SMILES string of the molecule is CCC(C)(C)N(C)CC(C)CS. The first-order chi connectivity index (χ1) is 5.44. The van der Waals surface area contributed by atoms with Crippen LogP contribution in [0.15, 0.2) is 0 Å². The molecular formula is C10H23NS. The minimum absolute atomic E-state index is 0.331. The van der Waals surface area contributed by atoms with Gasteiger partial charge in [-0.1, -0.05) is 13.8 Å². The summed E-state index contributed by atoms with van der Waals surface area (Å²) in [6.45, 7) is 10.2. The van der Waals surface area contributed by atoms with Gasteiger partial charge in [-0.2, -0.15) is 12.6 Å². The summed E-state index contributed by atoms with van der Waals surface area (Å²) in [6, 6.07) is 0. The van der Waals surface area contributed by atoms with Crippen molar-refractivity contribution in [2.24, 2.45) is 5.92 Å². The van der Waals surface area contributed by atoms with Crippen molar-refractivity contribution >= 4 is 12.6 Å². The molecule has 0 saturated heterocycles. The van der Waals surface area contributed by atoms with Crippen molar-refractivity contribution in [3.63, 3.8) is 0 Å². The Morgan fingerprint density at radius 2 is 1.92 bits per heavy atom. The predicted octanol–water partition coefficient (Wildman–Crippen LogP) is 2.67. The number of thiol groups is 1. The lowest BCUT2D eigenvalue weighted by Crippen LogP contribution is -2.42. The van der Waals surface area contributed by atoms with Crippen molar-refractivity contribution in [1.29, 1.82) is 0 Å². The zero-order valence-corrected chi connectivity index (χ0v) is 9.99. The fraction of sp³-hybridized carbons (Fsp3) is 1.00. The summed E-state index contributed by atoms with van der Waals surface area (Å²) in [4.78, 5) is 2.42. The van der Waals surface area contributed by atoms with Crippen LogP contribution in [0.25, 0.3) is 0 Å². The average Bonchev–Trinajstić information content (AvgIpc) is 2.04. The Kier molecular flexibility index (Phi) is 5.26. The van der Waals surface area contributed by atoms with E-state index in [9.17, 15) is 0 Å². The van der Waals surface area contributed by atoms with Crippen LogP contribution in [0.3, 0.4) is 0 Å². The minimum Gasteiger partial charge on any atom is -0.301 e. The van der Waals surface area contributed by atoms with Crippen LogP contribution in [0.4, 0.5) is 0 Å². The third-order valence-corrected chi connectivity index (χ3v) is 3.42. The van der Waals surface area contributed by atoms with E-state index in [-0.39, 0.29) is 0 Å². The normalized spacial score (nSPS) is 15.2. The molecule has 0 saturated carbocycles. The fourth-order valence-corrected chi connectivity index (χ4v) is 1.16. The quantitative estimate of drug-likeness (QED) is 0.651. The molecule has 0 radical (unpaired) electrons. The highest BCUT2D eigenvalue weighted by Gasteiger charge is 2.21. The zero-order chi connectivity index (χ0) is 9.78. The topological polar surface area (TPSA) is 3.24 Å². The summed E-state index contributed by atoms with van der Waals surface area (Å²) in [5, 5.41) is 0. The lowest BCUT2D eigenvalue weighted by Gasteiger charge is -2.36. The van der Waals surface area contributed by atoms with Crippen molar-refractivity contribution in [2.75, 3.05) is 19.3 Å². The second-order valence-electron chi connectivity index (χ2n) is 4.33. The van der Waals surface area contributed by atoms with Crippen LogP contribution in [-0.4, -0.2) is 29.8 Å². The zero-order valence-electron chi connectivity index (χ0n) is 9.09. The molecule has 0 aromatic rings. The van der Waals surface area contributed by atoms with Crippen molar-refractivity contribution in [1.82, 2.24) is 4.90 Å². The van der Waals surface area contributed by atoms with Gasteiger partial charge in [-0.15, -0.1) is 0 Å². The van der Waals surface area contributed by atoms with Crippen molar-refractivity contribution in [3.8, 4) is 0 Å². The molecule has 0 rings (SSSR count). The molecule has 0 aromatic heterocycles. The van der Waals surface area contributed by atoms with E-state index in [0.717, 1.165) is 12.3 Å². The molecule has 0 spiro atoms. The molecule has 0 N–H and O–H groups in total. The van der Waals surface area contributed by atoms with Gasteiger partial charge in [0.15, 0.2) is 0 Å². The van der Waals surface area contributed by atoms with Crippen LogP contribution >= 0.6 is 12.6 Å². The molecule has 74 valence electrons. The molecule has 0 aromatic carbocycles. The molecule has 0 aliphatic carbocycles. The Balaban J connectivity index is 3.93. The van der Waals surface area contributed by atoms with E-state index in [4.69, 9.17) is 0 Å². The summed E-state index contributed by atoms with van der Waals surface area (Å²) in [7, 11) is 2.20. The molecule has 1 atom stereocenters. The minimum atomic E-state index is 0.331. The van der Waals surface area contributed by atoms with Gasteiger partial charge < -0.3 is 4.90 Å². The van der Waals surface area contributed by atoms with E-state index in [1.165, 1.54) is 6.42 Å². The molecule has 1 unspecified atom stereocenters. The number of hydrogen-bond donors (Lipinski definition) is 1. The summed E-state index contributed by atoms with van der Waals surface area (Å²) in [6.07, 6.45) is 1.20. The van der Waals surface area contributed by atoms with E-state index in [1.54, 1.807) is 0 Å². The second-order valence-corrected chi connectivity index (χ2v) is 4.70. The summed E-state index contributed by atoms with van der Waals surface area (Å²) in [5.41, 5.74) is 0.331. The summed E-state index contributed by atoms with van der Waals surface area (Å²) >= 11 is 4.29. The number of rotatable bonds is 5. The van der Waals surface area contributed by atoms with E-state index in [1.807, 2.05) is 0 Å². The molecule has 12 heavy (non-hydrogen) atoms. The Labute approximate surface area is 82.9 Å². The molecule has 0 heterocycles. The molecular weight excluding hydrogens is 166 g/mol. The lowest BCUT2D eigenvalue weighted by molar-refractivity contribution is 0.136. The van der Waals surface area contributed by atoms with Crippen LogP contribution in [-0.2, 0) is 0 Å². The molecule has 0 amide bonds. The summed E-state index contributed by atoms with van der Waals surface area (Å²) < 4.78 is 0. The van der Waals surface area contributed by atoms with Gasteiger partial charge in [0, 0.05) is 12.1 Å². The van der Waals surface area contributed by atoms with Gasteiger partial charge in [-0.25, -0.2) is 0 Å². The maximum absolute atomic E-state index is 4.29. The molecule has 0 aliphatic heterocycles. The van der Waals surface area contributed by atoms with Crippen molar-refractivity contribution < 1.29 is 0 Å². The molecule has 0 bridgehead atoms. The maximum Gasteiger partial charge on any atom is 0.0147 e. The van der Waals surface area contributed by atoms with Gasteiger partial charge in [-0.05, 0) is 39.0 Å². The van der Waals surface area contributed by atoms with Crippen LogP contribution in [0, 0.1) is 5.92 Å². The van der Waals surface area contributed by atoms with Gasteiger partial charge in [0.1, 0.15) is 0 Å². The van der Waals surface area contributed by atoms with Crippen LogP contribution in [0.2, 0.25) is 0 Å². The molecule has 1 nitrogen and oxygen atoms in total. The van der Waals surface area contributed by atoms with Gasteiger partial charge >= 0.3 is 0 Å². The molecule has 0 aliphatic rings. The van der Waals surface area contributed by atoms with Crippen molar-refractivity contribution in [2.45, 2.75) is 39.7 Å². The number of nitrogens with zero attached hydrogens (tertiary/aromatic N) is 1. The first-order valence-corrected chi connectivity index (χ1v) is 5.39. The molecule has 0 fully saturated rings. The third kappa shape index (κ3) is 3.81. The van der Waals surface area contributed by atoms with Crippen LogP contribution in [0.1, 0.15) is 34.1 Å². The largest absolute Gasteiger partial charge is 0.301 e. The van der Waals surface area contributed by atoms with E-state index < -0.39 is 0 Å². The first kappa shape index (κ1) is 12.3. The van der Waals surface area contributed by atoms with E-state index in [0.29, 0.717) is 11.5 Å². The lowest BCUT2D eigenvalue weighted by atomic mass is 9.99. The Morgan fingerprint density at radius 1 is 1.42 bits per heavy atom. The summed E-state index contributed by atoms with van der Waals surface area (Å²) in [5.74, 6) is 1.66. The van der Waals surface area contributed by atoms with Gasteiger partial charge in [0.05, 0.1) is 0 Å². The van der Waals surface area contributed by atoms with Gasteiger partial charge in [-0.3, -0.25) is 0 Å². The highest BCUT2D eigenvalue weighted by Crippen LogP contribution is 2.17. The Morgan fingerprint density at radius 3 is 2.25 bits per heavy atom. The first-order valence-electron chi connectivity index (χ1n) is 4.76. The van der Waals surface area contributed by atoms with Gasteiger partial charge in [0.25, 0.3) is 0 Å². The smallest absolute Gasteiger partial charge is 0.0147 e. The average molecular weight is 189 g/mol. The Bertz CT molecular complexity index is 123. The standard InChI is InChI=1S/C10H23NS/c1-6-10(3,4)11(5)7-9(2)8-12/h9,12H,6-8H2,1-5H3. The second kappa shape index (κ2) is 5.13. The van der Waals surface area contributed by atoms with E-state index in [2.05, 4.69) is 52.3 Å². The van der Waals surface area contributed by atoms with E-state index >= 15 is 0 Å². The van der Waals surface area contributed by atoms with Gasteiger partial charge in [0.2, 0.25) is 0 Å².